The van der Waals surface area contributed by atoms with Crippen molar-refractivity contribution in [1.29, 1.82) is 0 Å². The Morgan fingerprint density at radius 3 is 2.88 bits per heavy atom. The van der Waals surface area contributed by atoms with Crippen LogP contribution in [0.5, 0.6) is 5.88 Å². The summed E-state index contributed by atoms with van der Waals surface area (Å²) in [5.74, 6) is 1.15. The Morgan fingerprint density at radius 1 is 1.16 bits per heavy atom. The number of nitrogens with one attached hydrogen (secondary N) is 1. The molecule has 4 rings (SSSR count). The van der Waals surface area contributed by atoms with Crippen molar-refractivity contribution in [2.45, 2.75) is 11.4 Å². The van der Waals surface area contributed by atoms with Gasteiger partial charge in [0.25, 0.3) is 0 Å². The first-order chi connectivity index (χ1) is 12.3. The van der Waals surface area contributed by atoms with Gasteiger partial charge in [-0.2, -0.15) is 4.98 Å². The number of ether oxygens (including phenoxy) is 1. The van der Waals surface area contributed by atoms with Crippen LogP contribution in [0.4, 0.5) is 5.69 Å². The number of thioether (sulfide) groups is 1. The van der Waals surface area contributed by atoms with E-state index in [9.17, 15) is 0 Å². The zero-order chi connectivity index (χ0) is 17.1. The molecule has 7 heteroatoms. The molecular weight excluding hydrogens is 334 g/mol. The average molecular weight is 349 g/mol. The fraction of sp³-hybridized carbons (Fsp3) is 0.111. The monoisotopic (exact) mass is 349 g/mol. The first kappa shape index (κ1) is 15.6. The molecule has 0 fully saturated rings. The van der Waals surface area contributed by atoms with E-state index in [1.165, 1.54) is 11.8 Å². The van der Waals surface area contributed by atoms with Crippen molar-refractivity contribution in [3.8, 4) is 17.1 Å². The van der Waals surface area contributed by atoms with E-state index in [-0.39, 0.29) is 0 Å². The second kappa shape index (κ2) is 6.90. The number of anilines is 1. The van der Waals surface area contributed by atoms with Gasteiger partial charge in [0, 0.05) is 23.2 Å². The van der Waals surface area contributed by atoms with Crippen LogP contribution in [0.25, 0.3) is 11.3 Å². The summed E-state index contributed by atoms with van der Waals surface area (Å²) in [6.07, 6.45) is 3.08. The number of nitrogens with zero attached hydrogens (tertiary/aromatic N) is 4. The third-order valence-electron chi connectivity index (χ3n) is 3.62. The Bertz CT molecular complexity index is 903. The van der Waals surface area contributed by atoms with E-state index >= 15 is 0 Å². The van der Waals surface area contributed by atoms with Gasteiger partial charge in [-0.25, -0.2) is 0 Å². The molecule has 3 heterocycles. The summed E-state index contributed by atoms with van der Waals surface area (Å²) in [6.45, 7) is 3.71. The van der Waals surface area contributed by atoms with E-state index in [4.69, 9.17) is 4.74 Å². The number of benzene rings is 1. The average Bonchev–Trinajstić information content (AvgIpc) is 2.83. The molecule has 1 atom stereocenters. The van der Waals surface area contributed by atoms with Crippen LogP contribution in [-0.2, 0) is 0 Å². The fourth-order valence-corrected chi connectivity index (χ4v) is 3.02. The lowest BCUT2D eigenvalue weighted by atomic mass is 10.1. The summed E-state index contributed by atoms with van der Waals surface area (Å²) in [4.78, 5) is 8.93. The van der Waals surface area contributed by atoms with Crippen LogP contribution in [0.3, 0.4) is 0 Å². The minimum atomic E-state index is -0.461. The van der Waals surface area contributed by atoms with Crippen molar-refractivity contribution in [2.75, 3.05) is 11.1 Å². The van der Waals surface area contributed by atoms with Crippen LogP contribution < -0.4 is 10.1 Å². The van der Waals surface area contributed by atoms with Gasteiger partial charge in [-0.15, -0.1) is 16.8 Å². The predicted molar refractivity (Wildman–Crippen MR) is 97.4 cm³/mol. The quantitative estimate of drug-likeness (QED) is 0.568. The smallest absolute Gasteiger partial charge is 0.247 e. The van der Waals surface area contributed by atoms with Crippen LogP contribution in [0.2, 0.25) is 0 Å². The third-order valence-corrected chi connectivity index (χ3v) is 4.45. The number of pyridine rings is 1. The highest BCUT2D eigenvalue weighted by Crippen LogP contribution is 2.38. The molecular formula is C18H15N5OS. The number of hydrogen-bond acceptors (Lipinski definition) is 7. The van der Waals surface area contributed by atoms with Gasteiger partial charge >= 0.3 is 0 Å². The highest BCUT2D eigenvalue weighted by atomic mass is 32.2. The van der Waals surface area contributed by atoms with Crippen LogP contribution in [0.15, 0.2) is 66.5 Å². The van der Waals surface area contributed by atoms with Crippen molar-refractivity contribution in [1.82, 2.24) is 20.2 Å². The summed E-state index contributed by atoms with van der Waals surface area (Å²) in [5.41, 5.74) is 3.18. The molecule has 1 N–H and O–H groups in total. The number of aromatic nitrogens is 4. The molecule has 1 aliphatic heterocycles. The molecule has 0 aliphatic carbocycles. The molecule has 124 valence electrons. The Morgan fingerprint density at radius 2 is 2.04 bits per heavy atom. The largest absolute Gasteiger partial charge is 0.446 e. The molecule has 0 spiro atoms. The van der Waals surface area contributed by atoms with Gasteiger partial charge in [-0.05, 0) is 18.2 Å². The molecule has 1 aromatic carbocycles. The number of fused-ring (bicyclic) bond motifs is 3. The lowest BCUT2D eigenvalue weighted by Crippen LogP contribution is -2.18. The highest BCUT2D eigenvalue weighted by Gasteiger charge is 2.26. The van der Waals surface area contributed by atoms with E-state index < -0.39 is 6.23 Å². The zero-order valence-corrected chi connectivity index (χ0v) is 14.1. The summed E-state index contributed by atoms with van der Waals surface area (Å²) < 4.78 is 6.12. The van der Waals surface area contributed by atoms with Crippen molar-refractivity contribution in [2.24, 2.45) is 0 Å². The maximum absolute atomic E-state index is 6.12. The molecule has 0 unspecified atom stereocenters. The van der Waals surface area contributed by atoms with E-state index in [1.807, 2.05) is 42.5 Å². The van der Waals surface area contributed by atoms with Crippen molar-refractivity contribution in [3.63, 3.8) is 0 Å². The molecule has 0 amide bonds. The summed E-state index contributed by atoms with van der Waals surface area (Å²) in [6, 6.07) is 13.6. The predicted octanol–water partition coefficient (Wildman–Crippen LogP) is 3.71. The number of hydrogen-bond donors (Lipinski definition) is 1. The minimum Gasteiger partial charge on any atom is -0.446 e. The fourth-order valence-electron chi connectivity index (χ4n) is 2.51. The Kier molecular flexibility index (Phi) is 4.30. The van der Waals surface area contributed by atoms with E-state index in [2.05, 4.69) is 32.1 Å². The zero-order valence-electron chi connectivity index (χ0n) is 13.3. The van der Waals surface area contributed by atoms with Crippen LogP contribution in [-0.4, -0.2) is 25.9 Å². The topological polar surface area (TPSA) is 72.8 Å². The molecule has 2 aromatic heterocycles. The SMILES string of the molecule is C=CCSc1nnc2c(n1)O[C@H](c1ccccn1)Nc1ccccc1-2. The van der Waals surface area contributed by atoms with Gasteiger partial charge in [0.05, 0.1) is 0 Å². The van der Waals surface area contributed by atoms with E-state index in [0.717, 1.165) is 16.9 Å². The van der Waals surface area contributed by atoms with Gasteiger partial charge < -0.3 is 10.1 Å². The Labute approximate surface area is 149 Å². The second-order valence-electron chi connectivity index (χ2n) is 5.29. The van der Waals surface area contributed by atoms with Gasteiger partial charge in [0.2, 0.25) is 17.3 Å². The lowest BCUT2D eigenvalue weighted by Gasteiger charge is -2.18. The van der Waals surface area contributed by atoms with Crippen molar-refractivity contribution in [3.05, 3.63) is 67.0 Å². The van der Waals surface area contributed by atoms with Gasteiger partial charge in [0.15, 0.2) is 5.69 Å². The van der Waals surface area contributed by atoms with Gasteiger partial charge in [-0.1, -0.05) is 42.1 Å². The number of para-hydroxylation sites is 1. The van der Waals surface area contributed by atoms with Crippen molar-refractivity contribution >= 4 is 17.4 Å². The molecule has 0 saturated carbocycles. The number of rotatable bonds is 4. The van der Waals surface area contributed by atoms with Crippen molar-refractivity contribution < 1.29 is 4.74 Å². The van der Waals surface area contributed by atoms with Gasteiger partial charge in [0.1, 0.15) is 5.69 Å². The first-order valence-corrected chi connectivity index (χ1v) is 8.75. The molecule has 0 bridgehead atoms. The maximum atomic E-state index is 6.12. The molecule has 6 nitrogen and oxygen atoms in total. The molecule has 1 aliphatic rings. The minimum absolute atomic E-state index is 0.440. The Hall–Kier alpha value is -2.93. The van der Waals surface area contributed by atoms with Crippen LogP contribution in [0, 0.1) is 0 Å². The molecule has 0 saturated heterocycles. The van der Waals surface area contributed by atoms with Crippen LogP contribution >= 0.6 is 11.8 Å². The standard InChI is InChI=1S/C18H15N5OS/c1-2-11-25-18-21-17-15(22-23-18)12-7-3-4-8-13(12)20-16(24-17)14-9-5-6-10-19-14/h2-10,16,20H,1,11H2/t16-/m1/s1. The second-order valence-corrected chi connectivity index (χ2v) is 6.28. The first-order valence-electron chi connectivity index (χ1n) is 7.77. The van der Waals surface area contributed by atoms with E-state index in [0.29, 0.717) is 22.5 Å². The molecule has 3 aromatic rings. The maximum Gasteiger partial charge on any atom is 0.247 e. The highest BCUT2D eigenvalue weighted by molar-refractivity contribution is 7.99. The van der Waals surface area contributed by atoms with E-state index in [1.54, 1.807) is 12.3 Å². The molecule has 0 radical (unpaired) electrons. The third kappa shape index (κ3) is 3.18. The normalized spacial score (nSPS) is 15.1. The van der Waals surface area contributed by atoms with Crippen LogP contribution in [0.1, 0.15) is 11.9 Å². The summed E-state index contributed by atoms with van der Waals surface area (Å²) in [7, 11) is 0. The molecule has 25 heavy (non-hydrogen) atoms. The summed E-state index contributed by atoms with van der Waals surface area (Å²) >= 11 is 1.46. The summed E-state index contributed by atoms with van der Waals surface area (Å²) in [5, 5.41) is 12.5. The van der Waals surface area contributed by atoms with Gasteiger partial charge in [-0.3, -0.25) is 4.98 Å². The lowest BCUT2D eigenvalue weighted by molar-refractivity contribution is 0.220. The Balaban J connectivity index is 1.80.